The maximum atomic E-state index is 12.5. The molecule has 0 aliphatic rings. The van der Waals surface area contributed by atoms with Crippen molar-refractivity contribution >= 4 is 34.2 Å². The predicted molar refractivity (Wildman–Crippen MR) is 121 cm³/mol. The van der Waals surface area contributed by atoms with Crippen molar-refractivity contribution in [3.05, 3.63) is 83.4 Å². The van der Waals surface area contributed by atoms with Gasteiger partial charge in [-0.3, -0.25) is 9.59 Å². The summed E-state index contributed by atoms with van der Waals surface area (Å²) in [5.41, 5.74) is 5.62. The molecule has 7 heteroatoms. The van der Waals surface area contributed by atoms with E-state index in [2.05, 4.69) is 20.9 Å². The molecule has 2 N–H and O–H groups in total. The van der Waals surface area contributed by atoms with E-state index < -0.39 is 0 Å². The molecule has 0 atom stereocenters. The van der Waals surface area contributed by atoms with E-state index in [4.69, 9.17) is 0 Å². The van der Waals surface area contributed by atoms with Crippen LogP contribution in [0, 0.1) is 13.8 Å². The fraction of sp³-hybridized carbons (Fsp3) is 0.167. The van der Waals surface area contributed by atoms with Gasteiger partial charge in [-0.05, 0) is 61.4 Å². The Kier molecular flexibility index (Phi) is 5.75. The number of nitrogens with one attached hydrogen (secondary N) is 2. The van der Waals surface area contributed by atoms with Crippen molar-refractivity contribution in [3.63, 3.8) is 0 Å². The number of hydrogen-bond acceptors (Lipinski definition) is 4. The lowest BCUT2D eigenvalue weighted by molar-refractivity contribution is -0.116. The molecule has 0 saturated carbocycles. The highest BCUT2D eigenvalue weighted by molar-refractivity contribution is 6.05. The molecule has 0 unspecified atom stereocenters. The summed E-state index contributed by atoms with van der Waals surface area (Å²) in [6.45, 7) is 4.39. The number of amides is 2. The lowest BCUT2D eigenvalue weighted by Gasteiger charge is -2.10. The molecule has 1 heterocycles. The molecule has 31 heavy (non-hydrogen) atoms. The van der Waals surface area contributed by atoms with Crippen molar-refractivity contribution in [1.82, 2.24) is 15.0 Å². The van der Waals surface area contributed by atoms with Crippen LogP contribution >= 0.6 is 0 Å². The van der Waals surface area contributed by atoms with Crippen LogP contribution in [-0.4, -0.2) is 26.8 Å². The van der Waals surface area contributed by atoms with Gasteiger partial charge in [0.1, 0.15) is 5.52 Å². The molecule has 4 aromatic rings. The highest BCUT2D eigenvalue weighted by Gasteiger charge is 2.12. The summed E-state index contributed by atoms with van der Waals surface area (Å²) in [7, 11) is 0. The maximum absolute atomic E-state index is 12.5. The van der Waals surface area contributed by atoms with E-state index in [1.54, 1.807) is 22.9 Å². The molecule has 0 radical (unpaired) electrons. The van der Waals surface area contributed by atoms with Crippen molar-refractivity contribution in [1.29, 1.82) is 0 Å². The number of carbonyl (C=O) groups is 2. The number of hydrogen-bond donors (Lipinski definition) is 2. The van der Waals surface area contributed by atoms with Gasteiger partial charge in [-0.25, -0.2) is 4.68 Å². The normalized spacial score (nSPS) is 10.8. The molecule has 2 amide bonds. The molecular formula is C24H23N5O2. The number of fused-ring (bicyclic) bond motifs is 1. The van der Waals surface area contributed by atoms with E-state index in [0.29, 0.717) is 17.6 Å². The van der Waals surface area contributed by atoms with Gasteiger partial charge in [0, 0.05) is 23.4 Å². The van der Waals surface area contributed by atoms with E-state index in [0.717, 1.165) is 28.0 Å². The monoisotopic (exact) mass is 413 g/mol. The van der Waals surface area contributed by atoms with Crippen molar-refractivity contribution in [2.24, 2.45) is 0 Å². The van der Waals surface area contributed by atoms with Crippen LogP contribution < -0.4 is 10.6 Å². The van der Waals surface area contributed by atoms with E-state index >= 15 is 0 Å². The zero-order chi connectivity index (χ0) is 21.8. The number of aromatic nitrogens is 3. The fourth-order valence-electron chi connectivity index (χ4n) is 3.31. The van der Waals surface area contributed by atoms with E-state index in [1.807, 2.05) is 62.4 Å². The molecule has 0 fully saturated rings. The number of aryl methyl sites for hydroxylation is 2. The van der Waals surface area contributed by atoms with E-state index in [9.17, 15) is 9.59 Å². The Labute approximate surface area is 180 Å². The number of para-hydroxylation sites is 1. The minimum absolute atomic E-state index is 0.0868. The Morgan fingerprint density at radius 3 is 2.55 bits per heavy atom. The minimum Gasteiger partial charge on any atom is -0.326 e. The quantitative estimate of drug-likeness (QED) is 0.492. The molecular weight excluding hydrogens is 390 g/mol. The van der Waals surface area contributed by atoms with Crippen LogP contribution in [0.4, 0.5) is 11.4 Å². The van der Waals surface area contributed by atoms with Crippen LogP contribution in [0.1, 0.15) is 27.9 Å². The lowest BCUT2D eigenvalue weighted by atomic mass is 10.1. The number of rotatable bonds is 6. The average molecular weight is 413 g/mol. The first kappa shape index (κ1) is 20.3. The summed E-state index contributed by atoms with van der Waals surface area (Å²) in [6, 6.07) is 20.3. The molecule has 4 rings (SSSR count). The van der Waals surface area contributed by atoms with Gasteiger partial charge < -0.3 is 10.6 Å². The fourth-order valence-corrected chi connectivity index (χ4v) is 3.31. The lowest BCUT2D eigenvalue weighted by Crippen LogP contribution is -2.16. The summed E-state index contributed by atoms with van der Waals surface area (Å²) in [4.78, 5) is 24.9. The summed E-state index contributed by atoms with van der Waals surface area (Å²) < 4.78 is 1.68. The van der Waals surface area contributed by atoms with Crippen molar-refractivity contribution in [2.75, 3.05) is 10.6 Å². The number of anilines is 2. The molecule has 0 saturated heterocycles. The van der Waals surface area contributed by atoms with Gasteiger partial charge in [-0.15, -0.1) is 5.10 Å². The molecule has 0 bridgehead atoms. The van der Waals surface area contributed by atoms with Crippen LogP contribution in [0.3, 0.4) is 0 Å². The van der Waals surface area contributed by atoms with Crippen LogP contribution in [0.5, 0.6) is 0 Å². The van der Waals surface area contributed by atoms with E-state index in [1.165, 1.54) is 0 Å². The summed E-state index contributed by atoms with van der Waals surface area (Å²) in [5, 5.41) is 14.1. The first-order chi connectivity index (χ1) is 15.0. The Balaban J connectivity index is 1.41. The van der Waals surface area contributed by atoms with Crippen molar-refractivity contribution in [2.45, 2.75) is 26.8 Å². The summed E-state index contributed by atoms with van der Waals surface area (Å²) in [5.74, 6) is -0.299. The van der Waals surface area contributed by atoms with Gasteiger partial charge in [-0.2, -0.15) is 0 Å². The highest BCUT2D eigenvalue weighted by Crippen LogP contribution is 2.19. The first-order valence-electron chi connectivity index (χ1n) is 10.1. The molecule has 0 aliphatic carbocycles. The van der Waals surface area contributed by atoms with Crippen molar-refractivity contribution in [3.8, 4) is 0 Å². The molecule has 0 spiro atoms. The summed E-state index contributed by atoms with van der Waals surface area (Å²) in [6.07, 6.45) is 0.266. The predicted octanol–water partition coefficient (Wildman–Crippen LogP) is 4.33. The molecule has 1 aromatic heterocycles. The molecule has 3 aromatic carbocycles. The largest absolute Gasteiger partial charge is 0.326 e. The highest BCUT2D eigenvalue weighted by atomic mass is 16.2. The second kappa shape index (κ2) is 8.79. The number of carbonyl (C=O) groups excluding carboxylic acids is 2. The number of benzene rings is 3. The summed E-state index contributed by atoms with van der Waals surface area (Å²) >= 11 is 0. The Morgan fingerprint density at radius 1 is 0.935 bits per heavy atom. The van der Waals surface area contributed by atoms with Gasteiger partial charge in [0.25, 0.3) is 5.91 Å². The van der Waals surface area contributed by atoms with Gasteiger partial charge >= 0.3 is 0 Å². The topological polar surface area (TPSA) is 88.9 Å². The molecule has 7 nitrogen and oxygen atoms in total. The molecule has 156 valence electrons. The van der Waals surface area contributed by atoms with Crippen molar-refractivity contribution < 1.29 is 9.59 Å². The van der Waals surface area contributed by atoms with Gasteiger partial charge in [-0.1, -0.05) is 35.5 Å². The third-order valence-corrected chi connectivity index (χ3v) is 5.24. The molecule has 0 aliphatic heterocycles. The Bertz CT molecular complexity index is 1250. The van der Waals surface area contributed by atoms with Crippen LogP contribution in [-0.2, 0) is 11.3 Å². The third-order valence-electron chi connectivity index (χ3n) is 5.24. The maximum Gasteiger partial charge on any atom is 0.255 e. The van der Waals surface area contributed by atoms with Crippen LogP contribution in [0.25, 0.3) is 11.0 Å². The van der Waals surface area contributed by atoms with Gasteiger partial charge in [0.05, 0.1) is 12.1 Å². The third kappa shape index (κ3) is 4.61. The minimum atomic E-state index is -0.212. The SMILES string of the molecule is Cc1cccc(NC(=O)CCn2nnc3cc(C(=O)Nc4ccccc4)ccc32)c1C. The van der Waals surface area contributed by atoms with E-state index in [-0.39, 0.29) is 18.2 Å². The average Bonchev–Trinajstić information content (AvgIpc) is 3.18. The standard InChI is InChI=1S/C24H23N5O2/c1-16-7-6-10-20(17(16)2)26-23(30)13-14-29-22-12-11-18(15-21(22)27-28-29)24(31)25-19-8-4-3-5-9-19/h3-12,15H,13-14H2,1-2H3,(H,25,31)(H,26,30). The zero-order valence-corrected chi connectivity index (χ0v) is 17.4. The van der Waals surface area contributed by atoms with Gasteiger partial charge in [0.2, 0.25) is 5.91 Å². The first-order valence-corrected chi connectivity index (χ1v) is 10.1. The Morgan fingerprint density at radius 2 is 1.74 bits per heavy atom. The van der Waals surface area contributed by atoms with Gasteiger partial charge in [0.15, 0.2) is 0 Å². The second-order valence-corrected chi connectivity index (χ2v) is 7.38. The smallest absolute Gasteiger partial charge is 0.255 e. The Hall–Kier alpha value is -4.00. The second-order valence-electron chi connectivity index (χ2n) is 7.38. The van der Waals surface area contributed by atoms with Crippen LogP contribution in [0.15, 0.2) is 66.7 Å². The van der Waals surface area contributed by atoms with Crippen LogP contribution in [0.2, 0.25) is 0 Å². The number of nitrogens with zero attached hydrogens (tertiary/aromatic N) is 3. The zero-order valence-electron chi connectivity index (χ0n) is 17.4.